The number of hydrazine groups is 1. The predicted octanol–water partition coefficient (Wildman–Crippen LogP) is 3.03. The van der Waals surface area contributed by atoms with Crippen LogP contribution >= 0.6 is 23.2 Å². The van der Waals surface area contributed by atoms with Crippen molar-refractivity contribution < 1.29 is 4.79 Å². The molecule has 1 rings (SSSR count). The maximum absolute atomic E-state index is 11.3. The summed E-state index contributed by atoms with van der Waals surface area (Å²) < 4.78 is 0. The Balaban J connectivity index is 2.58. The van der Waals surface area contributed by atoms with Crippen molar-refractivity contribution in [2.45, 2.75) is 19.9 Å². The maximum atomic E-state index is 11.3. The van der Waals surface area contributed by atoms with Gasteiger partial charge in [-0.1, -0.05) is 29.3 Å². The van der Waals surface area contributed by atoms with Crippen molar-refractivity contribution in [1.29, 1.82) is 0 Å². The predicted molar refractivity (Wildman–Crippen MR) is 66.9 cm³/mol. The molecule has 16 heavy (non-hydrogen) atoms. The molecule has 1 aromatic carbocycles. The van der Waals surface area contributed by atoms with E-state index in [1.807, 2.05) is 13.8 Å². The van der Waals surface area contributed by atoms with Crippen LogP contribution in [-0.4, -0.2) is 12.1 Å². The standard InChI is InChI=1S/C10H13Cl2N3O/c1-6(2)13-10(16)15-14-9-7(11)4-3-5-8(9)12/h3-6,14H,1-2H3,(H2,13,15,16). The highest BCUT2D eigenvalue weighted by molar-refractivity contribution is 6.39. The lowest BCUT2D eigenvalue weighted by Gasteiger charge is -2.13. The monoisotopic (exact) mass is 261 g/mol. The molecule has 0 atom stereocenters. The summed E-state index contributed by atoms with van der Waals surface area (Å²) in [6.45, 7) is 3.73. The lowest BCUT2D eigenvalue weighted by Crippen LogP contribution is -2.42. The lowest BCUT2D eigenvalue weighted by molar-refractivity contribution is 0.240. The van der Waals surface area contributed by atoms with Gasteiger partial charge in [-0.2, -0.15) is 0 Å². The van der Waals surface area contributed by atoms with E-state index in [0.29, 0.717) is 15.7 Å². The van der Waals surface area contributed by atoms with Crippen molar-refractivity contribution >= 4 is 34.9 Å². The number of benzene rings is 1. The zero-order chi connectivity index (χ0) is 12.1. The van der Waals surface area contributed by atoms with Crippen LogP contribution in [0.3, 0.4) is 0 Å². The second kappa shape index (κ2) is 5.82. The molecule has 0 aliphatic carbocycles. The van der Waals surface area contributed by atoms with Crippen LogP contribution in [-0.2, 0) is 0 Å². The minimum absolute atomic E-state index is 0.0588. The largest absolute Gasteiger partial charge is 0.335 e. The van der Waals surface area contributed by atoms with Gasteiger partial charge in [0, 0.05) is 6.04 Å². The first-order valence-electron chi connectivity index (χ1n) is 4.77. The molecule has 0 saturated heterocycles. The average molecular weight is 262 g/mol. The number of hydrogen-bond donors (Lipinski definition) is 3. The molecular weight excluding hydrogens is 249 g/mol. The number of carbonyl (C=O) groups is 1. The molecule has 6 heteroatoms. The SMILES string of the molecule is CC(C)NC(=O)NNc1c(Cl)cccc1Cl. The van der Waals surface area contributed by atoms with Gasteiger partial charge in [-0.15, -0.1) is 0 Å². The van der Waals surface area contributed by atoms with Crippen LogP contribution in [0, 0.1) is 0 Å². The summed E-state index contributed by atoms with van der Waals surface area (Å²) in [5.41, 5.74) is 5.58. The van der Waals surface area contributed by atoms with Crippen LogP contribution in [0.4, 0.5) is 10.5 Å². The zero-order valence-corrected chi connectivity index (χ0v) is 10.5. The highest BCUT2D eigenvalue weighted by Gasteiger charge is 2.06. The highest BCUT2D eigenvalue weighted by Crippen LogP contribution is 2.28. The number of para-hydroxylation sites is 1. The van der Waals surface area contributed by atoms with E-state index in [1.165, 1.54) is 0 Å². The maximum Gasteiger partial charge on any atom is 0.333 e. The summed E-state index contributed by atoms with van der Waals surface area (Å²) in [6, 6.07) is 4.80. The topological polar surface area (TPSA) is 53.2 Å². The van der Waals surface area contributed by atoms with Gasteiger partial charge in [0.1, 0.15) is 0 Å². The molecule has 0 aliphatic rings. The number of nitrogens with one attached hydrogen (secondary N) is 3. The van der Waals surface area contributed by atoms with Crippen molar-refractivity contribution in [2.24, 2.45) is 0 Å². The van der Waals surface area contributed by atoms with Gasteiger partial charge in [0.2, 0.25) is 0 Å². The van der Waals surface area contributed by atoms with Crippen molar-refractivity contribution in [1.82, 2.24) is 10.7 Å². The quantitative estimate of drug-likeness (QED) is 0.733. The number of urea groups is 1. The van der Waals surface area contributed by atoms with E-state index in [4.69, 9.17) is 23.2 Å². The summed E-state index contributed by atoms with van der Waals surface area (Å²) >= 11 is 11.8. The molecule has 0 fully saturated rings. The Labute approximate surface area is 104 Å². The van der Waals surface area contributed by atoms with Crippen LogP contribution in [0.25, 0.3) is 0 Å². The number of halogens is 2. The molecule has 0 aromatic heterocycles. The fourth-order valence-electron chi connectivity index (χ4n) is 1.03. The normalized spacial score (nSPS) is 10.1. The third kappa shape index (κ3) is 3.79. The van der Waals surface area contributed by atoms with E-state index >= 15 is 0 Å². The minimum atomic E-state index is -0.342. The molecule has 0 heterocycles. The van der Waals surface area contributed by atoms with Gasteiger partial charge < -0.3 is 5.32 Å². The van der Waals surface area contributed by atoms with Crippen molar-refractivity contribution in [3.63, 3.8) is 0 Å². The molecule has 0 unspecified atom stereocenters. The van der Waals surface area contributed by atoms with Crippen molar-refractivity contribution in [2.75, 3.05) is 5.43 Å². The lowest BCUT2D eigenvalue weighted by atomic mass is 10.3. The molecule has 0 saturated carbocycles. The smallest absolute Gasteiger partial charge is 0.333 e. The fraction of sp³-hybridized carbons (Fsp3) is 0.300. The van der Waals surface area contributed by atoms with E-state index in [1.54, 1.807) is 18.2 Å². The van der Waals surface area contributed by atoms with Gasteiger partial charge in [-0.25, -0.2) is 4.79 Å². The molecule has 0 aliphatic heterocycles. The number of hydrogen-bond acceptors (Lipinski definition) is 2. The van der Waals surface area contributed by atoms with Gasteiger partial charge in [0.15, 0.2) is 0 Å². The fourth-order valence-corrected chi connectivity index (χ4v) is 1.53. The van der Waals surface area contributed by atoms with Crippen molar-refractivity contribution in [3.05, 3.63) is 28.2 Å². The first kappa shape index (κ1) is 12.9. The molecule has 2 amide bonds. The Bertz CT molecular complexity index is 362. The Kier molecular flexibility index (Phi) is 4.71. The number of anilines is 1. The highest BCUT2D eigenvalue weighted by atomic mass is 35.5. The first-order valence-corrected chi connectivity index (χ1v) is 5.53. The molecule has 88 valence electrons. The third-order valence-corrected chi connectivity index (χ3v) is 2.31. The van der Waals surface area contributed by atoms with Gasteiger partial charge >= 0.3 is 6.03 Å². The molecule has 3 N–H and O–H groups in total. The second-order valence-corrected chi connectivity index (χ2v) is 4.29. The van der Waals surface area contributed by atoms with Crippen LogP contribution in [0.2, 0.25) is 10.0 Å². The Hall–Kier alpha value is -1.13. The van der Waals surface area contributed by atoms with Gasteiger partial charge in [-0.3, -0.25) is 10.9 Å². The minimum Gasteiger partial charge on any atom is -0.335 e. The molecular formula is C10H13Cl2N3O. The summed E-state index contributed by atoms with van der Waals surface area (Å²) in [4.78, 5) is 11.3. The third-order valence-electron chi connectivity index (χ3n) is 1.68. The average Bonchev–Trinajstić information content (AvgIpc) is 2.15. The summed E-state index contributed by atoms with van der Waals surface area (Å²) in [5, 5.41) is 3.54. The summed E-state index contributed by atoms with van der Waals surface area (Å²) in [7, 11) is 0. The van der Waals surface area contributed by atoms with E-state index in [0.717, 1.165) is 0 Å². The first-order chi connectivity index (χ1) is 7.50. The van der Waals surface area contributed by atoms with E-state index in [2.05, 4.69) is 16.2 Å². The Morgan fingerprint density at radius 2 is 1.81 bits per heavy atom. The Morgan fingerprint density at radius 1 is 1.25 bits per heavy atom. The summed E-state index contributed by atoms with van der Waals surface area (Å²) in [5.74, 6) is 0. The van der Waals surface area contributed by atoms with Gasteiger partial charge in [-0.05, 0) is 26.0 Å². The van der Waals surface area contributed by atoms with Crippen LogP contribution in [0.1, 0.15) is 13.8 Å². The van der Waals surface area contributed by atoms with Gasteiger partial charge in [0.25, 0.3) is 0 Å². The Morgan fingerprint density at radius 3 is 2.31 bits per heavy atom. The summed E-state index contributed by atoms with van der Waals surface area (Å²) in [6.07, 6.45) is 0. The zero-order valence-electron chi connectivity index (χ0n) is 8.97. The van der Waals surface area contributed by atoms with Crippen LogP contribution in [0.5, 0.6) is 0 Å². The van der Waals surface area contributed by atoms with E-state index in [-0.39, 0.29) is 12.1 Å². The number of amides is 2. The molecule has 1 aromatic rings. The second-order valence-electron chi connectivity index (χ2n) is 3.47. The molecule has 0 spiro atoms. The molecule has 4 nitrogen and oxygen atoms in total. The van der Waals surface area contributed by atoms with E-state index in [9.17, 15) is 4.79 Å². The van der Waals surface area contributed by atoms with Crippen LogP contribution in [0.15, 0.2) is 18.2 Å². The van der Waals surface area contributed by atoms with Gasteiger partial charge in [0.05, 0.1) is 15.7 Å². The van der Waals surface area contributed by atoms with Crippen LogP contribution < -0.4 is 16.2 Å². The van der Waals surface area contributed by atoms with Crippen molar-refractivity contribution in [3.8, 4) is 0 Å². The number of rotatable bonds is 3. The molecule has 0 bridgehead atoms. The van der Waals surface area contributed by atoms with E-state index < -0.39 is 0 Å². The number of carbonyl (C=O) groups excluding carboxylic acids is 1. The molecule has 0 radical (unpaired) electrons.